The number of nitrogens with zero attached hydrogens (tertiary/aromatic N) is 2. The molecule has 0 aliphatic carbocycles. The molecule has 2 saturated heterocycles. The third-order valence-electron chi connectivity index (χ3n) is 5.37. The van der Waals surface area contributed by atoms with Crippen LogP contribution in [0.4, 0.5) is 4.39 Å². The van der Waals surface area contributed by atoms with Gasteiger partial charge in [0.15, 0.2) is 0 Å². The molecule has 0 bridgehead atoms. The minimum atomic E-state index is -0.209. The van der Waals surface area contributed by atoms with E-state index in [1.54, 1.807) is 7.11 Å². The van der Waals surface area contributed by atoms with E-state index in [1.807, 2.05) is 12.1 Å². The lowest BCUT2D eigenvalue weighted by atomic mass is 9.71. The van der Waals surface area contributed by atoms with E-state index in [0.717, 1.165) is 51.0 Å². The fourth-order valence-corrected chi connectivity index (χ4v) is 4.20. The second-order valence-corrected chi connectivity index (χ2v) is 7.29. The number of aliphatic hydroxyl groups is 1. The Labute approximate surface area is 137 Å². The second-order valence-electron chi connectivity index (χ2n) is 7.29. The van der Waals surface area contributed by atoms with Crippen molar-refractivity contribution < 1.29 is 14.2 Å². The first kappa shape index (κ1) is 16.7. The first-order chi connectivity index (χ1) is 11.0. The molecule has 23 heavy (non-hydrogen) atoms. The van der Waals surface area contributed by atoms with Gasteiger partial charge in [-0.2, -0.15) is 0 Å². The summed E-state index contributed by atoms with van der Waals surface area (Å²) in [5.41, 5.74) is 0.962. The number of methoxy groups -OCH3 is 1. The Kier molecular flexibility index (Phi) is 4.90. The Morgan fingerprint density at radius 2 is 2.09 bits per heavy atom. The van der Waals surface area contributed by atoms with Crippen molar-refractivity contribution in [2.45, 2.75) is 31.9 Å². The maximum absolute atomic E-state index is 14.1. The molecular formula is C18H27FN2O2. The second kappa shape index (κ2) is 6.75. The normalized spacial score (nSPS) is 25.7. The van der Waals surface area contributed by atoms with E-state index in [0.29, 0.717) is 12.3 Å². The van der Waals surface area contributed by atoms with Crippen LogP contribution >= 0.6 is 0 Å². The molecule has 4 nitrogen and oxygen atoms in total. The van der Waals surface area contributed by atoms with Crippen molar-refractivity contribution in [3.05, 3.63) is 29.6 Å². The molecule has 0 aromatic heterocycles. The van der Waals surface area contributed by atoms with Gasteiger partial charge in [-0.05, 0) is 50.9 Å². The van der Waals surface area contributed by atoms with Gasteiger partial charge in [0, 0.05) is 31.3 Å². The molecule has 3 rings (SSSR count). The Morgan fingerprint density at radius 1 is 1.35 bits per heavy atom. The quantitative estimate of drug-likeness (QED) is 0.925. The lowest BCUT2D eigenvalue weighted by molar-refractivity contribution is -0.0332. The molecule has 1 aromatic carbocycles. The number of β-amino-alcohol motifs (C(OH)–C–C–N with tert-alkyl or cyclic N) is 1. The molecule has 0 amide bonds. The summed E-state index contributed by atoms with van der Waals surface area (Å²) in [5.74, 6) is 0.362. The summed E-state index contributed by atoms with van der Waals surface area (Å²) in [7, 11) is 3.64. The third-order valence-corrected chi connectivity index (χ3v) is 5.37. The van der Waals surface area contributed by atoms with E-state index in [-0.39, 0.29) is 17.3 Å². The number of likely N-dealkylation sites (N-methyl/N-ethyl adjacent to an activating group) is 1. The molecule has 1 N–H and O–H groups in total. The molecule has 1 atom stereocenters. The summed E-state index contributed by atoms with van der Waals surface area (Å²) in [6, 6.07) is 5.08. The molecule has 1 spiro atoms. The highest BCUT2D eigenvalue weighted by Gasteiger charge is 2.40. The van der Waals surface area contributed by atoms with Crippen molar-refractivity contribution in [2.75, 3.05) is 40.3 Å². The van der Waals surface area contributed by atoms with E-state index in [9.17, 15) is 9.50 Å². The first-order valence-electron chi connectivity index (χ1n) is 8.41. The molecule has 5 heteroatoms. The van der Waals surface area contributed by atoms with Gasteiger partial charge in [-0.1, -0.05) is 6.07 Å². The van der Waals surface area contributed by atoms with E-state index in [2.05, 4.69) is 16.8 Å². The lowest BCUT2D eigenvalue weighted by Crippen LogP contribution is -2.52. The van der Waals surface area contributed by atoms with Crippen molar-refractivity contribution in [3.63, 3.8) is 0 Å². The monoisotopic (exact) mass is 322 g/mol. The smallest absolute Gasteiger partial charge is 0.131 e. The van der Waals surface area contributed by atoms with Crippen LogP contribution in [0.1, 0.15) is 24.8 Å². The lowest BCUT2D eigenvalue weighted by Gasteiger charge is -2.48. The molecule has 2 heterocycles. The van der Waals surface area contributed by atoms with Gasteiger partial charge in [0.2, 0.25) is 0 Å². The zero-order chi connectivity index (χ0) is 16.4. The predicted octanol–water partition coefficient (Wildman–Crippen LogP) is 2.11. The third kappa shape index (κ3) is 3.84. The Morgan fingerprint density at radius 3 is 2.70 bits per heavy atom. The molecule has 1 aromatic rings. The predicted molar refractivity (Wildman–Crippen MR) is 88.0 cm³/mol. The molecule has 128 valence electrons. The van der Waals surface area contributed by atoms with Crippen molar-refractivity contribution in [2.24, 2.45) is 5.41 Å². The molecule has 1 unspecified atom stereocenters. The molecule has 2 aliphatic rings. The van der Waals surface area contributed by atoms with Crippen LogP contribution < -0.4 is 4.74 Å². The average Bonchev–Trinajstić information content (AvgIpc) is 2.50. The van der Waals surface area contributed by atoms with Crippen LogP contribution in [-0.4, -0.2) is 61.3 Å². The maximum Gasteiger partial charge on any atom is 0.131 e. The summed E-state index contributed by atoms with van der Waals surface area (Å²) in [6.45, 7) is 4.42. The number of ether oxygens (including phenoxy) is 1. The number of rotatable bonds is 3. The van der Waals surface area contributed by atoms with Crippen LogP contribution in [0.2, 0.25) is 0 Å². The minimum Gasteiger partial charge on any atom is -0.497 e. The SMILES string of the molecule is COc1ccc(CN2CCC3(CC2)CC(O)CN(C)C3)c(F)c1. The van der Waals surface area contributed by atoms with Crippen LogP contribution in [0.25, 0.3) is 0 Å². The van der Waals surface area contributed by atoms with Crippen LogP contribution in [0.5, 0.6) is 5.75 Å². The Balaban J connectivity index is 1.59. The molecule has 2 aliphatic heterocycles. The van der Waals surface area contributed by atoms with Gasteiger partial charge in [0.05, 0.1) is 13.2 Å². The average molecular weight is 322 g/mol. The summed E-state index contributed by atoms with van der Waals surface area (Å²) in [6.07, 6.45) is 2.85. The highest BCUT2D eigenvalue weighted by atomic mass is 19.1. The minimum absolute atomic E-state index is 0.197. The number of hydrogen-bond donors (Lipinski definition) is 1. The largest absolute Gasteiger partial charge is 0.497 e. The Hall–Kier alpha value is -1.17. The summed E-state index contributed by atoms with van der Waals surface area (Å²) in [5, 5.41) is 10.1. The molecule has 0 radical (unpaired) electrons. The highest BCUT2D eigenvalue weighted by molar-refractivity contribution is 5.28. The summed E-state index contributed by atoms with van der Waals surface area (Å²) >= 11 is 0. The van der Waals surface area contributed by atoms with Crippen molar-refractivity contribution in [1.82, 2.24) is 9.80 Å². The van der Waals surface area contributed by atoms with Crippen LogP contribution in [0.15, 0.2) is 18.2 Å². The number of hydrogen-bond acceptors (Lipinski definition) is 4. The fourth-order valence-electron chi connectivity index (χ4n) is 4.20. The van der Waals surface area contributed by atoms with E-state index in [4.69, 9.17) is 4.74 Å². The van der Waals surface area contributed by atoms with E-state index < -0.39 is 0 Å². The number of benzene rings is 1. The number of piperidine rings is 2. The van der Waals surface area contributed by atoms with Gasteiger partial charge in [-0.15, -0.1) is 0 Å². The van der Waals surface area contributed by atoms with Crippen molar-refractivity contribution in [1.29, 1.82) is 0 Å². The molecule has 0 saturated carbocycles. The van der Waals surface area contributed by atoms with Gasteiger partial charge in [0.25, 0.3) is 0 Å². The standard InChI is InChI=1S/C18H27FN2O2/c1-20-12-15(22)10-18(13-20)5-7-21(8-6-18)11-14-3-4-16(23-2)9-17(14)19/h3-4,9,15,22H,5-8,10-13H2,1-2H3. The van der Waals surface area contributed by atoms with Crippen LogP contribution in [0, 0.1) is 11.2 Å². The van der Waals surface area contributed by atoms with Gasteiger partial charge < -0.3 is 14.7 Å². The highest BCUT2D eigenvalue weighted by Crippen LogP contribution is 2.39. The molecule has 2 fully saturated rings. The number of aliphatic hydroxyl groups excluding tert-OH is 1. The van der Waals surface area contributed by atoms with Crippen molar-refractivity contribution in [3.8, 4) is 5.75 Å². The Bertz CT molecular complexity index is 532. The van der Waals surface area contributed by atoms with Gasteiger partial charge in [-0.25, -0.2) is 4.39 Å². The first-order valence-corrected chi connectivity index (χ1v) is 8.41. The van der Waals surface area contributed by atoms with Gasteiger partial charge >= 0.3 is 0 Å². The zero-order valence-electron chi connectivity index (χ0n) is 14.1. The van der Waals surface area contributed by atoms with E-state index in [1.165, 1.54) is 6.07 Å². The fraction of sp³-hybridized carbons (Fsp3) is 0.667. The van der Waals surface area contributed by atoms with Crippen molar-refractivity contribution >= 4 is 0 Å². The van der Waals surface area contributed by atoms with E-state index >= 15 is 0 Å². The number of likely N-dealkylation sites (tertiary alicyclic amines) is 2. The maximum atomic E-state index is 14.1. The zero-order valence-corrected chi connectivity index (χ0v) is 14.1. The van der Waals surface area contributed by atoms with Gasteiger partial charge in [-0.3, -0.25) is 4.90 Å². The number of halogens is 1. The van der Waals surface area contributed by atoms with Gasteiger partial charge in [0.1, 0.15) is 11.6 Å². The van der Waals surface area contributed by atoms with Crippen LogP contribution in [-0.2, 0) is 6.54 Å². The molecular weight excluding hydrogens is 295 g/mol. The summed E-state index contributed by atoms with van der Waals surface area (Å²) in [4.78, 5) is 4.56. The topological polar surface area (TPSA) is 35.9 Å². The summed E-state index contributed by atoms with van der Waals surface area (Å²) < 4.78 is 19.1. The van der Waals surface area contributed by atoms with Crippen LogP contribution in [0.3, 0.4) is 0 Å².